The lowest BCUT2D eigenvalue weighted by molar-refractivity contribution is 0.102. The fourth-order valence-corrected chi connectivity index (χ4v) is 3.60. The van der Waals surface area contributed by atoms with E-state index in [9.17, 15) is 4.79 Å². The van der Waals surface area contributed by atoms with E-state index in [-0.39, 0.29) is 11.0 Å². The summed E-state index contributed by atoms with van der Waals surface area (Å²) in [6, 6.07) is 7.79. The summed E-state index contributed by atoms with van der Waals surface area (Å²) in [5.74, 6) is 0.117. The maximum atomic E-state index is 12.7. The Morgan fingerprint density at radius 3 is 3.05 bits per heavy atom. The van der Waals surface area contributed by atoms with Crippen molar-refractivity contribution < 1.29 is 9.53 Å². The number of thioether (sulfide) groups is 1. The fourth-order valence-electron chi connectivity index (χ4n) is 2.47. The highest BCUT2D eigenvalue weighted by molar-refractivity contribution is 8.00. The van der Waals surface area contributed by atoms with E-state index in [0.717, 1.165) is 21.6 Å². The lowest BCUT2D eigenvalue weighted by atomic mass is 9.99. The Morgan fingerprint density at radius 2 is 2.23 bits per heavy atom. The summed E-state index contributed by atoms with van der Waals surface area (Å²) in [5.41, 5.74) is 2.57. The molecule has 0 bridgehead atoms. The minimum Gasteiger partial charge on any atom is -0.383 e. The minimum atomic E-state index is 0.117. The van der Waals surface area contributed by atoms with Crippen LogP contribution in [0.25, 0.3) is 6.08 Å². The number of ether oxygens (including phenoxy) is 1. The third-order valence-electron chi connectivity index (χ3n) is 3.64. The zero-order valence-electron chi connectivity index (χ0n) is 12.7. The van der Waals surface area contributed by atoms with Crippen LogP contribution in [0.3, 0.4) is 0 Å². The Balaban J connectivity index is 1.88. The summed E-state index contributed by atoms with van der Waals surface area (Å²) in [6.45, 7) is 3.40. The molecule has 1 aliphatic rings. The molecular weight excluding hydrogens is 296 g/mol. The molecule has 1 atom stereocenters. The number of nitrogens with zero attached hydrogens (tertiary/aromatic N) is 2. The molecule has 5 heteroatoms. The first-order chi connectivity index (χ1) is 10.7. The Bertz CT molecular complexity index is 721. The highest BCUT2D eigenvalue weighted by Crippen LogP contribution is 2.38. The molecule has 2 aromatic rings. The van der Waals surface area contributed by atoms with Gasteiger partial charge in [-0.1, -0.05) is 12.1 Å². The summed E-state index contributed by atoms with van der Waals surface area (Å²) in [4.78, 5) is 13.7. The largest absolute Gasteiger partial charge is 0.383 e. The van der Waals surface area contributed by atoms with Crippen LogP contribution in [0.5, 0.6) is 0 Å². The van der Waals surface area contributed by atoms with Crippen molar-refractivity contribution in [2.24, 2.45) is 0 Å². The maximum absolute atomic E-state index is 12.7. The van der Waals surface area contributed by atoms with Crippen molar-refractivity contribution in [3.8, 4) is 0 Å². The standard InChI is InChI=1S/C17H18N2O2S/c1-12-15(9-13-10-18-19(11-13)7-8-21-2)17(20)14-5-3-4-6-16(14)22-12/h3-6,9-12H,7-8H2,1-2H3/b15-9+/t12-/m0/s1. The van der Waals surface area contributed by atoms with Gasteiger partial charge < -0.3 is 4.74 Å². The van der Waals surface area contributed by atoms with E-state index in [0.29, 0.717) is 13.2 Å². The van der Waals surface area contributed by atoms with E-state index in [2.05, 4.69) is 12.0 Å². The van der Waals surface area contributed by atoms with Gasteiger partial charge in [0.25, 0.3) is 0 Å². The van der Waals surface area contributed by atoms with Crippen LogP contribution in [0.1, 0.15) is 22.8 Å². The molecule has 0 saturated carbocycles. The second-order valence-corrected chi connectivity index (χ2v) is 6.60. The second kappa shape index (κ2) is 6.50. The molecule has 0 fully saturated rings. The average molecular weight is 314 g/mol. The number of benzene rings is 1. The van der Waals surface area contributed by atoms with Crippen molar-refractivity contribution >= 4 is 23.6 Å². The smallest absolute Gasteiger partial charge is 0.191 e. The molecule has 0 radical (unpaired) electrons. The molecular formula is C17H18N2O2S. The van der Waals surface area contributed by atoms with Gasteiger partial charge in [0, 0.05) is 40.2 Å². The minimum absolute atomic E-state index is 0.117. The Hall–Kier alpha value is -1.85. The summed E-state index contributed by atoms with van der Waals surface area (Å²) < 4.78 is 6.87. The van der Waals surface area contributed by atoms with Gasteiger partial charge in [-0.15, -0.1) is 11.8 Å². The van der Waals surface area contributed by atoms with Crippen LogP contribution in [0.2, 0.25) is 0 Å². The molecule has 1 aromatic heterocycles. The van der Waals surface area contributed by atoms with Gasteiger partial charge in [0.15, 0.2) is 5.78 Å². The molecule has 0 N–H and O–H groups in total. The molecule has 22 heavy (non-hydrogen) atoms. The van der Waals surface area contributed by atoms with E-state index in [1.165, 1.54) is 0 Å². The van der Waals surface area contributed by atoms with Crippen LogP contribution >= 0.6 is 11.8 Å². The highest BCUT2D eigenvalue weighted by Gasteiger charge is 2.27. The van der Waals surface area contributed by atoms with Crippen LogP contribution in [0.4, 0.5) is 0 Å². The number of fused-ring (bicyclic) bond motifs is 1. The number of hydrogen-bond acceptors (Lipinski definition) is 4. The van der Waals surface area contributed by atoms with Crippen molar-refractivity contribution in [3.05, 3.63) is 53.4 Å². The molecule has 1 aromatic carbocycles. The first kappa shape index (κ1) is 15.1. The van der Waals surface area contributed by atoms with E-state index >= 15 is 0 Å². The van der Waals surface area contributed by atoms with Gasteiger partial charge in [-0.2, -0.15) is 5.10 Å². The highest BCUT2D eigenvalue weighted by atomic mass is 32.2. The van der Waals surface area contributed by atoms with Gasteiger partial charge in [-0.05, 0) is 25.1 Å². The van der Waals surface area contributed by atoms with Crippen LogP contribution < -0.4 is 0 Å². The maximum Gasteiger partial charge on any atom is 0.191 e. The molecule has 4 nitrogen and oxygen atoms in total. The van der Waals surface area contributed by atoms with Gasteiger partial charge in [-0.25, -0.2) is 0 Å². The number of aromatic nitrogens is 2. The zero-order valence-corrected chi connectivity index (χ0v) is 13.5. The third kappa shape index (κ3) is 3.00. The van der Waals surface area contributed by atoms with E-state index < -0.39 is 0 Å². The number of methoxy groups -OCH3 is 1. The monoisotopic (exact) mass is 314 g/mol. The molecule has 0 amide bonds. The van der Waals surface area contributed by atoms with Gasteiger partial charge in [0.2, 0.25) is 0 Å². The molecule has 0 spiro atoms. The summed E-state index contributed by atoms with van der Waals surface area (Å²) >= 11 is 1.73. The predicted molar refractivity (Wildman–Crippen MR) is 88.2 cm³/mol. The Morgan fingerprint density at radius 1 is 1.41 bits per heavy atom. The first-order valence-corrected chi connectivity index (χ1v) is 8.10. The number of carbonyl (C=O) groups is 1. The second-order valence-electron chi connectivity index (χ2n) is 5.21. The number of hydrogen-bond donors (Lipinski definition) is 0. The van der Waals surface area contributed by atoms with Crippen molar-refractivity contribution in [2.75, 3.05) is 13.7 Å². The van der Waals surface area contributed by atoms with Gasteiger partial charge in [0.05, 0.1) is 19.3 Å². The predicted octanol–water partition coefficient (Wildman–Crippen LogP) is 3.29. The van der Waals surface area contributed by atoms with Crippen molar-refractivity contribution in [2.45, 2.75) is 23.6 Å². The topological polar surface area (TPSA) is 44.1 Å². The normalized spacial score (nSPS) is 19.5. The molecule has 1 aliphatic heterocycles. The van der Waals surface area contributed by atoms with Crippen LogP contribution in [0, 0.1) is 0 Å². The van der Waals surface area contributed by atoms with Crippen LogP contribution in [0.15, 0.2) is 47.1 Å². The van der Waals surface area contributed by atoms with Crippen molar-refractivity contribution in [1.29, 1.82) is 0 Å². The lowest BCUT2D eigenvalue weighted by Gasteiger charge is -2.22. The number of ketones is 1. The molecule has 0 unspecified atom stereocenters. The van der Waals surface area contributed by atoms with E-state index in [4.69, 9.17) is 4.74 Å². The van der Waals surface area contributed by atoms with Gasteiger partial charge >= 0.3 is 0 Å². The van der Waals surface area contributed by atoms with Crippen LogP contribution in [-0.4, -0.2) is 34.5 Å². The SMILES string of the molecule is COCCn1cc(/C=C2/C(=O)c3ccccc3S[C@H]2C)cn1. The molecule has 0 aliphatic carbocycles. The fraction of sp³-hybridized carbons (Fsp3) is 0.294. The summed E-state index contributed by atoms with van der Waals surface area (Å²) in [6.07, 6.45) is 5.68. The average Bonchev–Trinajstić information content (AvgIpc) is 2.97. The van der Waals surface area contributed by atoms with E-state index in [1.54, 1.807) is 25.1 Å². The van der Waals surface area contributed by atoms with Gasteiger partial charge in [-0.3, -0.25) is 9.48 Å². The molecule has 2 heterocycles. The Kier molecular flexibility index (Phi) is 4.45. The number of Topliss-reactive ketones (excluding diaryl/α,β-unsaturated/α-hetero) is 1. The van der Waals surface area contributed by atoms with Crippen molar-refractivity contribution in [1.82, 2.24) is 9.78 Å². The summed E-state index contributed by atoms with van der Waals surface area (Å²) in [7, 11) is 1.67. The lowest BCUT2D eigenvalue weighted by Crippen LogP contribution is -2.18. The molecule has 114 valence electrons. The molecule has 0 saturated heterocycles. The Labute approximate surface area is 134 Å². The van der Waals surface area contributed by atoms with Gasteiger partial charge in [0.1, 0.15) is 0 Å². The third-order valence-corrected chi connectivity index (χ3v) is 4.85. The van der Waals surface area contributed by atoms with E-state index in [1.807, 2.05) is 41.2 Å². The zero-order chi connectivity index (χ0) is 15.5. The van der Waals surface area contributed by atoms with Crippen molar-refractivity contribution in [3.63, 3.8) is 0 Å². The number of rotatable bonds is 4. The quantitative estimate of drug-likeness (QED) is 0.812. The van der Waals surface area contributed by atoms with Crippen LogP contribution in [-0.2, 0) is 11.3 Å². The summed E-state index contributed by atoms with van der Waals surface area (Å²) in [5, 5.41) is 4.43. The molecule has 3 rings (SSSR count). The first-order valence-electron chi connectivity index (χ1n) is 7.22. The number of carbonyl (C=O) groups excluding carboxylic acids is 1.